The molecule has 0 aliphatic carbocycles. The van der Waals surface area contributed by atoms with Crippen molar-refractivity contribution in [2.75, 3.05) is 6.61 Å². The van der Waals surface area contributed by atoms with Crippen molar-refractivity contribution in [2.45, 2.75) is 25.8 Å². The van der Waals surface area contributed by atoms with Gasteiger partial charge in [0.05, 0.1) is 12.6 Å². The smallest absolute Gasteiger partial charge is 0.119 e. The van der Waals surface area contributed by atoms with Crippen LogP contribution in [0.4, 0.5) is 0 Å². The maximum absolute atomic E-state index is 5.69. The van der Waals surface area contributed by atoms with E-state index in [1.54, 1.807) is 6.20 Å². The Morgan fingerprint density at radius 2 is 2.20 bits per heavy atom. The van der Waals surface area contributed by atoms with Gasteiger partial charge in [0.25, 0.3) is 0 Å². The highest BCUT2D eigenvalue weighted by Gasteiger charge is 2.11. The third-order valence-electron chi connectivity index (χ3n) is 3.10. The zero-order valence-electron chi connectivity index (χ0n) is 11.8. The van der Waals surface area contributed by atoms with Crippen molar-refractivity contribution in [1.82, 2.24) is 10.4 Å². The second kappa shape index (κ2) is 7.62. The zero-order chi connectivity index (χ0) is 14.2. The van der Waals surface area contributed by atoms with E-state index in [0.29, 0.717) is 0 Å². The molecule has 2 aromatic rings. The Hall–Kier alpha value is -1.91. The van der Waals surface area contributed by atoms with Gasteiger partial charge in [-0.2, -0.15) is 0 Å². The molecule has 0 saturated heterocycles. The minimum atomic E-state index is 0.0457. The molecule has 3 N–H and O–H groups in total. The number of aromatic nitrogens is 1. The van der Waals surface area contributed by atoms with Crippen molar-refractivity contribution >= 4 is 0 Å². The fourth-order valence-corrected chi connectivity index (χ4v) is 2.07. The van der Waals surface area contributed by atoms with Crippen molar-refractivity contribution in [1.29, 1.82) is 0 Å². The van der Waals surface area contributed by atoms with Crippen LogP contribution in [0.5, 0.6) is 5.75 Å². The van der Waals surface area contributed by atoms with E-state index in [2.05, 4.69) is 29.5 Å². The monoisotopic (exact) mass is 271 g/mol. The largest absolute Gasteiger partial charge is 0.494 e. The fraction of sp³-hybridized carbons (Fsp3) is 0.312. The Kier molecular flexibility index (Phi) is 5.53. The van der Waals surface area contributed by atoms with E-state index < -0.39 is 0 Å². The highest BCUT2D eigenvalue weighted by Crippen LogP contribution is 2.22. The number of benzene rings is 1. The van der Waals surface area contributed by atoms with Crippen molar-refractivity contribution in [3.8, 4) is 5.75 Å². The summed E-state index contributed by atoms with van der Waals surface area (Å²) in [6.45, 7) is 2.82. The first-order chi connectivity index (χ1) is 9.83. The molecule has 0 fully saturated rings. The summed E-state index contributed by atoms with van der Waals surface area (Å²) in [6.07, 6.45) is 5.43. The lowest BCUT2D eigenvalue weighted by molar-refractivity contribution is 0.316. The van der Waals surface area contributed by atoms with E-state index in [4.69, 9.17) is 10.6 Å². The number of nitrogens with zero attached hydrogens (tertiary/aromatic N) is 1. The summed E-state index contributed by atoms with van der Waals surface area (Å²) in [6, 6.07) is 12.1. The number of hydrazine groups is 1. The van der Waals surface area contributed by atoms with Gasteiger partial charge in [0.1, 0.15) is 5.75 Å². The summed E-state index contributed by atoms with van der Waals surface area (Å²) < 4.78 is 5.66. The van der Waals surface area contributed by atoms with E-state index in [1.807, 2.05) is 30.5 Å². The van der Waals surface area contributed by atoms with Crippen LogP contribution < -0.4 is 16.0 Å². The lowest BCUT2D eigenvalue weighted by atomic mass is 10.0. The molecule has 1 heterocycles. The molecule has 20 heavy (non-hydrogen) atoms. The maximum atomic E-state index is 5.69. The van der Waals surface area contributed by atoms with Crippen LogP contribution in [-0.2, 0) is 6.42 Å². The van der Waals surface area contributed by atoms with Crippen LogP contribution in [-0.4, -0.2) is 11.6 Å². The second-order valence-corrected chi connectivity index (χ2v) is 4.71. The van der Waals surface area contributed by atoms with Gasteiger partial charge < -0.3 is 4.74 Å². The quantitative estimate of drug-likeness (QED) is 0.600. The molecular weight excluding hydrogens is 250 g/mol. The Morgan fingerprint density at radius 3 is 2.90 bits per heavy atom. The molecule has 0 radical (unpaired) electrons. The predicted octanol–water partition coefficient (Wildman–Crippen LogP) is 2.62. The van der Waals surface area contributed by atoms with E-state index in [0.717, 1.165) is 36.3 Å². The fourth-order valence-electron chi connectivity index (χ4n) is 2.07. The van der Waals surface area contributed by atoms with E-state index in [-0.39, 0.29) is 6.04 Å². The van der Waals surface area contributed by atoms with E-state index in [1.165, 1.54) is 0 Å². The Labute approximate surface area is 120 Å². The molecule has 2 rings (SSSR count). The molecule has 1 aromatic heterocycles. The summed E-state index contributed by atoms with van der Waals surface area (Å²) in [4.78, 5) is 4.13. The van der Waals surface area contributed by atoms with Crippen molar-refractivity contribution < 1.29 is 4.74 Å². The van der Waals surface area contributed by atoms with Crippen molar-refractivity contribution in [3.63, 3.8) is 0 Å². The number of nitrogens with one attached hydrogen (secondary N) is 1. The Balaban J connectivity index is 2.10. The van der Waals surface area contributed by atoms with Crippen LogP contribution in [0.1, 0.15) is 30.5 Å². The molecule has 0 spiro atoms. The van der Waals surface area contributed by atoms with Crippen LogP contribution in [0.3, 0.4) is 0 Å². The number of rotatable bonds is 7. The summed E-state index contributed by atoms with van der Waals surface area (Å²) in [5.41, 5.74) is 5.13. The number of pyridine rings is 1. The Morgan fingerprint density at radius 1 is 1.30 bits per heavy atom. The SMILES string of the molecule is CCCOc1cccc(C(Cc2cccnc2)NN)c1. The lowest BCUT2D eigenvalue weighted by Gasteiger charge is -2.17. The first kappa shape index (κ1) is 14.5. The van der Waals surface area contributed by atoms with Crippen molar-refractivity contribution in [2.24, 2.45) is 5.84 Å². The molecule has 1 atom stereocenters. The number of hydrogen-bond donors (Lipinski definition) is 2. The van der Waals surface area contributed by atoms with Gasteiger partial charge in [0.2, 0.25) is 0 Å². The second-order valence-electron chi connectivity index (χ2n) is 4.71. The lowest BCUT2D eigenvalue weighted by Crippen LogP contribution is -2.29. The molecule has 0 bridgehead atoms. The molecule has 0 aliphatic heterocycles. The summed E-state index contributed by atoms with van der Waals surface area (Å²) in [5.74, 6) is 6.58. The molecule has 1 unspecified atom stereocenters. The topological polar surface area (TPSA) is 60.2 Å². The Bertz CT molecular complexity index is 516. The molecule has 4 nitrogen and oxygen atoms in total. The molecule has 0 aliphatic rings. The van der Waals surface area contributed by atoms with Crippen LogP contribution in [0.2, 0.25) is 0 Å². The zero-order valence-corrected chi connectivity index (χ0v) is 11.8. The normalized spacial score (nSPS) is 12.1. The van der Waals surface area contributed by atoms with Crippen LogP contribution in [0.15, 0.2) is 48.8 Å². The first-order valence-corrected chi connectivity index (χ1v) is 6.91. The van der Waals surface area contributed by atoms with Gasteiger partial charge in [-0.15, -0.1) is 0 Å². The van der Waals surface area contributed by atoms with Gasteiger partial charge in [0, 0.05) is 12.4 Å². The summed E-state index contributed by atoms with van der Waals surface area (Å²) >= 11 is 0. The highest BCUT2D eigenvalue weighted by atomic mass is 16.5. The molecule has 0 saturated carbocycles. The van der Waals surface area contributed by atoms with Gasteiger partial charge in [0.15, 0.2) is 0 Å². The van der Waals surface area contributed by atoms with Crippen LogP contribution in [0, 0.1) is 0 Å². The first-order valence-electron chi connectivity index (χ1n) is 6.91. The third-order valence-corrected chi connectivity index (χ3v) is 3.10. The van der Waals surface area contributed by atoms with E-state index >= 15 is 0 Å². The average molecular weight is 271 g/mol. The van der Waals surface area contributed by atoms with Crippen LogP contribution in [0.25, 0.3) is 0 Å². The summed E-state index contributed by atoms with van der Waals surface area (Å²) in [7, 11) is 0. The number of hydrogen-bond acceptors (Lipinski definition) is 4. The van der Waals surface area contributed by atoms with Gasteiger partial charge in [-0.25, -0.2) is 0 Å². The minimum Gasteiger partial charge on any atom is -0.494 e. The summed E-state index contributed by atoms with van der Waals surface area (Å²) in [5, 5.41) is 0. The van der Waals surface area contributed by atoms with Gasteiger partial charge in [-0.3, -0.25) is 16.3 Å². The maximum Gasteiger partial charge on any atom is 0.119 e. The number of ether oxygens (including phenoxy) is 1. The van der Waals surface area contributed by atoms with Gasteiger partial charge in [-0.05, 0) is 42.2 Å². The van der Waals surface area contributed by atoms with E-state index in [9.17, 15) is 0 Å². The molecule has 0 amide bonds. The number of nitrogens with two attached hydrogens (primary N) is 1. The molecule has 4 heteroatoms. The predicted molar refractivity (Wildman–Crippen MR) is 80.2 cm³/mol. The standard InChI is InChI=1S/C16H21N3O/c1-2-9-20-15-7-3-6-14(11-15)16(19-17)10-13-5-4-8-18-12-13/h3-8,11-12,16,19H,2,9-10,17H2,1H3. The third kappa shape index (κ3) is 4.05. The van der Waals surface area contributed by atoms with Gasteiger partial charge >= 0.3 is 0 Å². The molecule has 106 valence electrons. The molecular formula is C16H21N3O. The minimum absolute atomic E-state index is 0.0457. The average Bonchev–Trinajstić information content (AvgIpc) is 2.52. The molecule has 1 aromatic carbocycles. The van der Waals surface area contributed by atoms with Crippen molar-refractivity contribution in [3.05, 3.63) is 59.9 Å². The highest BCUT2D eigenvalue weighted by molar-refractivity contribution is 5.31. The van der Waals surface area contributed by atoms with Gasteiger partial charge in [-0.1, -0.05) is 25.1 Å². The van der Waals surface area contributed by atoms with Crippen LogP contribution >= 0.6 is 0 Å².